The van der Waals surface area contributed by atoms with Crippen LogP contribution in [0.4, 0.5) is 0 Å². The average molecular weight is 321 g/mol. The van der Waals surface area contributed by atoms with E-state index in [1.54, 1.807) is 30.3 Å². The molecule has 0 saturated heterocycles. The van der Waals surface area contributed by atoms with Crippen LogP contribution < -0.4 is 10.5 Å². The summed E-state index contributed by atoms with van der Waals surface area (Å²) >= 11 is 0. The normalized spacial score (nSPS) is 22.6. The Morgan fingerprint density at radius 2 is 2.05 bits per heavy atom. The summed E-state index contributed by atoms with van der Waals surface area (Å²) in [6, 6.07) is 8.34. The fraction of sp³-hybridized carbons (Fsp3) is 0.400. The van der Waals surface area contributed by atoms with Gasteiger partial charge >= 0.3 is 0 Å². The third-order valence-electron chi connectivity index (χ3n) is 3.92. The smallest absolute Gasteiger partial charge is 0.241 e. The number of nitrogens with one attached hydrogen (secondary N) is 1. The van der Waals surface area contributed by atoms with Gasteiger partial charge < -0.3 is 10.3 Å². The highest BCUT2D eigenvalue weighted by Gasteiger charge is 2.27. The molecule has 0 radical (unpaired) electrons. The van der Waals surface area contributed by atoms with Gasteiger partial charge in [0.05, 0.1) is 11.1 Å². The molecular formula is C15H19N3O3S. The lowest BCUT2D eigenvalue weighted by atomic mass is 9.92. The van der Waals surface area contributed by atoms with Gasteiger partial charge in [-0.1, -0.05) is 23.7 Å². The van der Waals surface area contributed by atoms with Gasteiger partial charge in [0.15, 0.2) is 5.76 Å². The van der Waals surface area contributed by atoms with E-state index in [2.05, 4.69) is 9.88 Å². The Morgan fingerprint density at radius 3 is 2.77 bits per heavy atom. The summed E-state index contributed by atoms with van der Waals surface area (Å²) in [6.45, 7) is 0. The Labute approximate surface area is 129 Å². The predicted octanol–water partition coefficient (Wildman–Crippen LogP) is 1.89. The Hall–Kier alpha value is -1.70. The highest BCUT2D eigenvalue weighted by molar-refractivity contribution is 7.89. The van der Waals surface area contributed by atoms with Crippen LogP contribution in [0.5, 0.6) is 0 Å². The highest BCUT2D eigenvalue weighted by Crippen LogP contribution is 2.28. The molecule has 1 aliphatic rings. The monoisotopic (exact) mass is 321 g/mol. The van der Waals surface area contributed by atoms with Gasteiger partial charge in [0, 0.05) is 23.7 Å². The van der Waals surface area contributed by atoms with E-state index in [-0.39, 0.29) is 17.0 Å². The Balaban J connectivity index is 1.89. The van der Waals surface area contributed by atoms with Crippen molar-refractivity contribution < 1.29 is 12.9 Å². The molecule has 0 aliphatic heterocycles. The van der Waals surface area contributed by atoms with Crippen LogP contribution in [0.25, 0.3) is 11.3 Å². The average Bonchev–Trinajstić information content (AvgIpc) is 3.01. The van der Waals surface area contributed by atoms with Crippen molar-refractivity contribution in [3.05, 3.63) is 36.5 Å². The lowest BCUT2D eigenvalue weighted by molar-refractivity contribution is 0.371. The predicted molar refractivity (Wildman–Crippen MR) is 82.5 cm³/mol. The maximum Gasteiger partial charge on any atom is 0.241 e. The molecule has 22 heavy (non-hydrogen) atoms. The van der Waals surface area contributed by atoms with E-state index in [1.807, 2.05) is 0 Å². The maximum absolute atomic E-state index is 12.7. The van der Waals surface area contributed by atoms with Gasteiger partial charge in [-0.3, -0.25) is 0 Å². The zero-order valence-electron chi connectivity index (χ0n) is 12.1. The van der Waals surface area contributed by atoms with E-state index in [1.165, 1.54) is 6.20 Å². The minimum absolute atomic E-state index is 0.0611. The molecule has 1 aromatic carbocycles. The minimum atomic E-state index is -3.63. The topological polar surface area (TPSA) is 98.2 Å². The fourth-order valence-electron chi connectivity index (χ4n) is 2.88. The largest absolute Gasteiger partial charge is 0.356 e. The highest BCUT2D eigenvalue weighted by atomic mass is 32.2. The number of hydrogen-bond donors (Lipinski definition) is 2. The first-order chi connectivity index (χ1) is 10.6. The molecule has 1 fully saturated rings. The van der Waals surface area contributed by atoms with E-state index in [0.29, 0.717) is 17.7 Å². The van der Waals surface area contributed by atoms with Gasteiger partial charge in [-0.25, -0.2) is 13.1 Å². The Bertz CT molecular complexity index is 728. The summed E-state index contributed by atoms with van der Waals surface area (Å²) in [7, 11) is -3.63. The molecule has 0 bridgehead atoms. The standard InChI is InChI=1S/C15H19N3O3S/c16-11-4-3-5-12(10-11)18-22(19,20)15-7-2-1-6-13(15)14-8-9-17-21-14/h1-2,6-9,11-12,18H,3-5,10,16H2. The molecule has 2 aromatic rings. The van der Waals surface area contributed by atoms with Crippen molar-refractivity contribution in [3.63, 3.8) is 0 Å². The number of benzene rings is 1. The first-order valence-electron chi connectivity index (χ1n) is 7.34. The van der Waals surface area contributed by atoms with Gasteiger partial charge in [-0.2, -0.15) is 0 Å². The van der Waals surface area contributed by atoms with Crippen LogP contribution in [-0.2, 0) is 10.0 Å². The quantitative estimate of drug-likeness (QED) is 0.896. The van der Waals surface area contributed by atoms with Crippen molar-refractivity contribution in [1.82, 2.24) is 9.88 Å². The van der Waals surface area contributed by atoms with Crippen LogP contribution in [0.2, 0.25) is 0 Å². The van der Waals surface area contributed by atoms with Gasteiger partial charge in [-0.15, -0.1) is 0 Å². The molecule has 2 atom stereocenters. The second kappa shape index (κ2) is 6.20. The first-order valence-corrected chi connectivity index (χ1v) is 8.82. The summed E-state index contributed by atoms with van der Waals surface area (Å²) in [5, 5.41) is 3.64. The summed E-state index contributed by atoms with van der Waals surface area (Å²) in [5.74, 6) is 0.432. The van der Waals surface area contributed by atoms with Crippen LogP contribution in [0.15, 0.2) is 45.9 Å². The number of nitrogens with two attached hydrogens (primary N) is 1. The van der Waals surface area contributed by atoms with Crippen molar-refractivity contribution in [2.75, 3.05) is 0 Å². The van der Waals surface area contributed by atoms with Crippen LogP contribution in [0.1, 0.15) is 25.7 Å². The van der Waals surface area contributed by atoms with Crippen molar-refractivity contribution in [3.8, 4) is 11.3 Å². The lowest BCUT2D eigenvalue weighted by Crippen LogP contribution is -2.42. The van der Waals surface area contributed by atoms with Crippen LogP contribution in [-0.4, -0.2) is 25.7 Å². The number of nitrogens with zero attached hydrogens (tertiary/aromatic N) is 1. The molecule has 118 valence electrons. The molecule has 1 heterocycles. The second-order valence-electron chi connectivity index (χ2n) is 5.62. The summed E-state index contributed by atoms with van der Waals surface area (Å²) in [4.78, 5) is 0.200. The van der Waals surface area contributed by atoms with E-state index in [0.717, 1.165) is 19.3 Å². The second-order valence-corrected chi connectivity index (χ2v) is 7.30. The summed E-state index contributed by atoms with van der Waals surface area (Å²) < 4.78 is 33.3. The number of aromatic nitrogens is 1. The van der Waals surface area contributed by atoms with Gasteiger partial charge in [0.1, 0.15) is 0 Å². The van der Waals surface area contributed by atoms with Gasteiger partial charge in [0.2, 0.25) is 10.0 Å². The molecular weight excluding hydrogens is 302 g/mol. The molecule has 6 nitrogen and oxygen atoms in total. The molecule has 2 unspecified atom stereocenters. The van der Waals surface area contributed by atoms with Crippen LogP contribution >= 0.6 is 0 Å². The third-order valence-corrected chi connectivity index (χ3v) is 5.50. The minimum Gasteiger partial charge on any atom is -0.356 e. The lowest BCUT2D eigenvalue weighted by Gasteiger charge is -2.27. The van der Waals surface area contributed by atoms with E-state index in [9.17, 15) is 8.42 Å². The van der Waals surface area contributed by atoms with Crippen molar-refractivity contribution in [1.29, 1.82) is 0 Å². The molecule has 7 heteroatoms. The van der Waals surface area contributed by atoms with Crippen molar-refractivity contribution in [2.24, 2.45) is 5.73 Å². The summed E-state index contributed by atoms with van der Waals surface area (Å²) in [6.07, 6.45) is 4.87. The van der Waals surface area contributed by atoms with Crippen molar-refractivity contribution in [2.45, 2.75) is 42.7 Å². The molecule has 0 amide bonds. The zero-order valence-corrected chi connectivity index (χ0v) is 12.9. The third kappa shape index (κ3) is 3.21. The summed E-state index contributed by atoms with van der Waals surface area (Å²) in [5.41, 5.74) is 6.44. The van der Waals surface area contributed by atoms with E-state index >= 15 is 0 Å². The molecule has 0 spiro atoms. The first kappa shape index (κ1) is 15.2. The SMILES string of the molecule is NC1CCCC(NS(=O)(=O)c2ccccc2-c2ccno2)C1. The van der Waals surface area contributed by atoms with Crippen molar-refractivity contribution >= 4 is 10.0 Å². The molecule has 3 rings (SSSR count). The van der Waals surface area contributed by atoms with Gasteiger partial charge in [-0.05, 0) is 31.4 Å². The number of rotatable bonds is 4. The molecule has 3 N–H and O–H groups in total. The molecule has 1 saturated carbocycles. The maximum atomic E-state index is 12.7. The van der Waals surface area contributed by atoms with Gasteiger partial charge in [0.25, 0.3) is 0 Å². The molecule has 1 aromatic heterocycles. The Morgan fingerprint density at radius 1 is 1.23 bits per heavy atom. The van der Waals surface area contributed by atoms with Crippen LogP contribution in [0.3, 0.4) is 0 Å². The molecule has 1 aliphatic carbocycles. The van der Waals surface area contributed by atoms with E-state index in [4.69, 9.17) is 10.3 Å². The number of hydrogen-bond acceptors (Lipinski definition) is 5. The fourth-order valence-corrected chi connectivity index (χ4v) is 4.37. The van der Waals surface area contributed by atoms with Crippen LogP contribution in [0, 0.1) is 0 Å². The number of sulfonamides is 1. The zero-order chi connectivity index (χ0) is 15.6. The van der Waals surface area contributed by atoms with E-state index < -0.39 is 10.0 Å². The Kier molecular flexibility index (Phi) is 4.28.